The highest BCUT2D eigenvalue weighted by Gasteiger charge is 2.34. The van der Waals surface area contributed by atoms with Crippen LogP contribution < -0.4 is 5.32 Å². The Morgan fingerprint density at radius 2 is 1.95 bits per heavy atom. The lowest BCUT2D eigenvalue weighted by Gasteiger charge is -2.28. The minimum atomic E-state index is -0.589. The Morgan fingerprint density at radius 1 is 1.29 bits per heavy atom. The Labute approximate surface area is 125 Å². The molecule has 2 atom stereocenters. The summed E-state index contributed by atoms with van der Waals surface area (Å²) in [7, 11) is 0. The van der Waals surface area contributed by atoms with E-state index in [1.54, 1.807) is 4.90 Å². The second-order valence-electron chi connectivity index (χ2n) is 5.74. The molecule has 0 bridgehead atoms. The third-order valence-corrected chi connectivity index (χ3v) is 3.68. The SMILES string of the molecule is CC(C)=CCN1C(=O)C(c2ccccc2)NC(=O)CC1C. The van der Waals surface area contributed by atoms with Crippen molar-refractivity contribution in [2.45, 2.75) is 39.3 Å². The first-order valence-corrected chi connectivity index (χ1v) is 7.27. The van der Waals surface area contributed by atoms with Gasteiger partial charge in [-0.1, -0.05) is 42.0 Å². The van der Waals surface area contributed by atoms with Crippen molar-refractivity contribution in [1.82, 2.24) is 10.2 Å². The average Bonchev–Trinajstić information content (AvgIpc) is 2.54. The maximum Gasteiger partial charge on any atom is 0.250 e. The minimum Gasteiger partial charge on any atom is -0.340 e. The molecule has 0 radical (unpaired) electrons. The summed E-state index contributed by atoms with van der Waals surface area (Å²) in [6.07, 6.45) is 2.36. The molecule has 2 unspecified atom stereocenters. The lowest BCUT2D eigenvalue weighted by molar-refractivity contribution is -0.134. The van der Waals surface area contributed by atoms with Gasteiger partial charge in [0, 0.05) is 19.0 Å². The van der Waals surface area contributed by atoms with E-state index in [2.05, 4.69) is 5.32 Å². The molecule has 0 aromatic heterocycles. The van der Waals surface area contributed by atoms with Crippen LogP contribution >= 0.6 is 0 Å². The van der Waals surface area contributed by atoms with Crippen LogP contribution in [0.5, 0.6) is 0 Å². The summed E-state index contributed by atoms with van der Waals surface area (Å²) in [6, 6.07) is 8.72. The van der Waals surface area contributed by atoms with Crippen molar-refractivity contribution in [3.8, 4) is 0 Å². The van der Waals surface area contributed by atoms with E-state index >= 15 is 0 Å². The second-order valence-corrected chi connectivity index (χ2v) is 5.74. The van der Waals surface area contributed by atoms with Gasteiger partial charge in [-0.15, -0.1) is 0 Å². The molecule has 2 amide bonds. The predicted octanol–water partition coefficient (Wildman–Crippen LogP) is 2.43. The number of carbonyl (C=O) groups is 2. The zero-order valence-corrected chi connectivity index (χ0v) is 12.8. The van der Waals surface area contributed by atoms with Crippen molar-refractivity contribution in [2.75, 3.05) is 6.54 Å². The van der Waals surface area contributed by atoms with Crippen LogP contribution in [0.3, 0.4) is 0 Å². The summed E-state index contributed by atoms with van der Waals surface area (Å²) >= 11 is 0. The average molecular weight is 286 g/mol. The van der Waals surface area contributed by atoms with E-state index in [9.17, 15) is 9.59 Å². The quantitative estimate of drug-likeness (QED) is 0.868. The van der Waals surface area contributed by atoms with Crippen LogP contribution in [0, 0.1) is 0 Å². The summed E-state index contributed by atoms with van der Waals surface area (Å²) in [5.74, 6) is -0.124. The van der Waals surface area contributed by atoms with Crippen molar-refractivity contribution < 1.29 is 9.59 Å². The number of allylic oxidation sites excluding steroid dienone is 1. The first kappa shape index (κ1) is 15.3. The molecule has 2 rings (SSSR count). The summed E-state index contributed by atoms with van der Waals surface area (Å²) in [6.45, 7) is 6.47. The van der Waals surface area contributed by atoms with Gasteiger partial charge in [-0.2, -0.15) is 0 Å². The molecule has 1 saturated heterocycles. The molecular weight excluding hydrogens is 264 g/mol. The van der Waals surface area contributed by atoms with Crippen molar-refractivity contribution in [1.29, 1.82) is 0 Å². The van der Waals surface area contributed by atoms with Gasteiger partial charge in [0.15, 0.2) is 0 Å². The molecule has 0 aliphatic carbocycles. The van der Waals surface area contributed by atoms with Gasteiger partial charge in [-0.25, -0.2) is 0 Å². The van der Waals surface area contributed by atoms with Gasteiger partial charge in [0.2, 0.25) is 11.8 Å². The van der Waals surface area contributed by atoms with Crippen LogP contribution in [-0.4, -0.2) is 29.3 Å². The van der Waals surface area contributed by atoms with E-state index in [-0.39, 0.29) is 17.9 Å². The summed E-state index contributed by atoms with van der Waals surface area (Å²) in [5.41, 5.74) is 1.99. The molecule has 1 heterocycles. The Morgan fingerprint density at radius 3 is 2.57 bits per heavy atom. The first-order chi connectivity index (χ1) is 9.99. The van der Waals surface area contributed by atoms with E-state index in [0.717, 1.165) is 11.1 Å². The van der Waals surface area contributed by atoms with Gasteiger partial charge < -0.3 is 10.2 Å². The molecule has 0 spiro atoms. The fourth-order valence-corrected chi connectivity index (χ4v) is 2.47. The van der Waals surface area contributed by atoms with Gasteiger partial charge in [-0.3, -0.25) is 9.59 Å². The molecule has 1 fully saturated rings. The molecule has 1 aromatic carbocycles. The van der Waals surface area contributed by atoms with Crippen LogP contribution in [0.15, 0.2) is 42.0 Å². The molecule has 1 aliphatic rings. The molecule has 4 heteroatoms. The van der Waals surface area contributed by atoms with Crippen LogP contribution in [0.2, 0.25) is 0 Å². The molecule has 21 heavy (non-hydrogen) atoms. The third-order valence-electron chi connectivity index (χ3n) is 3.68. The van der Waals surface area contributed by atoms with Crippen LogP contribution in [-0.2, 0) is 9.59 Å². The molecule has 0 saturated carbocycles. The van der Waals surface area contributed by atoms with Gasteiger partial charge in [0.25, 0.3) is 0 Å². The highest BCUT2D eigenvalue weighted by Crippen LogP contribution is 2.22. The fourth-order valence-electron chi connectivity index (χ4n) is 2.47. The van der Waals surface area contributed by atoms with Gasteiger partial charge >= 0.3 is 0 Å². The molecule has 1 aliphatic heterocycles. The zero-order valence-electron chi connectivity index (χ0n) is 12.8. The number of nitrogens with one attached hydrogen (secondary N) is 1. The third kappa shape index (κ3) is 3.72. The summed E-state index contributed by atoms with van der Waals surface area (Å²) in [4.78, 5) is 26.6. The minimum absolute atomic E-state index is 0.0444. The smallest absolute Gasteiger partial charge is 0.250 e. The van der Waals surface area contributed by atoms with E-state index in [1.165, 1.54) is 0 Å². The van der Waals surface area contributed by atoms with Crippen molar-refractivity contribution in [3.63, 3.8) is 0 Å². The van der Waals surface area contributed by atoms with Gasteiger partial charge in [0.05, 0.1) is 0 Å². The Hall–Kier alpha value is -2.10. The van der Waals surface area contributed by atoms with Crippen LogP contribution in [0.4, 0.5) is 0 Å². The van der Waals surface area contributed by atoms with Gasteiger partial charge in [-0.05, 0) is 26.3 Å². The number of hydrogen-bond donors (Lipinski definition) is 1. The number of nitrogens with zero attached hydrogens (tertiary/aromatic N) is 1. The van der Waals surface area contributed by atoms with E-state index in [0.29, 0.717) is 13.0 Å². The van der Waals surface area contributed by atoms with E-state index < -0.39 is 6.04 Å². The number of benzene rings is 1. The fraction of sp³-hybridized carbons (Fsp3) is 0.412. The summed E-state index contributed by atoms with van der Waals surface area (Å²) in [5, 5.41) is 2.84. The van der Waals surface area contributed by atoms with Crippen molar-refractivity contribution >= 4 is 11.8 Å². The predicted molar refractivity (Wildman–Crippen MR) is 82.5 cm³/mol. The second kappa shape index (κ2) is 6.57. The molecule has 112 valence electrons. The Bertz CT molecular complexity index is 547. The van der Waals surface area contributed by atoms with E-state index in [4.69, 9.17) is 0 Å². The largest absolute Gasteiger partial charge is 0.340 e. The van der Waals surface area contributed by atoms with Crippen molar-refractivity contribution in [3.05, 3.63) is 47.5 Å². The van der Waals surface area contributed by atoms with Crippen LogP contribution in [0.1, 0.15) is 38.8 Å². The van der Waals surface area contributed by atoms with Crippen LogP contribution in [0.25, 0.3) is 0 Å². The lowest BCUT2D eigenvalue weighted by Crippen LogP contribution is -2.41. The molecular formula is C17H22N2O2. The Balaban J connectivity index is 2.31. The Kier molecular flexibility index (Phi) is 4.78. The van der Waals surface area contributed by atoms with Gasteiger partial charge in [0.1, 0.15) is 6.04 Å². The first-order valence-electron chi connectivity index (χ1n) is 7.27. The summed E-state index contributed by atoms with van der Waals surface area (Å²) < 4.78 is 0. The number of carbonyl (C=O) groups excluding carboxylic acids is 2. The number of rotatable bonds is 3. The maximum atomic E-state index is 12.8. The van der Waals surface area contributed by atoms with Crippen molar-refractivity contribution in [2.24, 2.45) is 0 Å². The molecule has 1 N–H and O–H groups in total. The molecule has 1 aromatic rings. The van der Waals surface area contributed by atoms with E-state index in [1.807, 2.05) is 57.2 Å². The monoisotopic (exact) mass is 286 g/mol. The molecule has 4 nitrogen and oxygen atoms in total. The maximum absolute atomic E-state index is 12.8. The number of hydrogen-bond acceptors (Lipinski definition) is 2. The topological polar surface area (TPSA) is 49.4 Å². The lowest BCUT2D eigenvalue weighted by atomic mass is 10.1. The number of amides is 2. The highest BCUT2D eigenvalue weighted by molar-refractivity contribution is 5.91. The standard InChI is InChI=1S/C17H22N2O2/c1-12(2)9-10-19-13(3)11-15(20)18-16(17(19)21)14-7-5-4-6-8-14/h4-9,13,16H,10-11H2,1-3H3,(H,18,20). The normalized spacial score (nSPS) is 22.5. The highest BCUT2D eigenvalue weighted by atomic mass is 16.2. The zero-order chi connectivity index (χ0) is 15.4.